The number of hydrogen-bond acceptors (Lipinski definition) is 6. The Morgan fingerprint density at radius 3 is 2.35 bits per heavy atom. The van der Waals surface area contributed by atoms with E-state index in [9.17, 15) is 12.8 Å². The Kier molecular flexibility index (Phi) is 6.36. The standard InChI is InChI=1S/C16H12ClFN4O2S.ClH/c17-25(23,24)14-4-2-1-3-13(14)21-16-19-10-9-15(22-16)20-12-7-5-11(18)6-8-12;/h1-10H,(H2,19,20,21,22);1H. The average molecular weight is 415 g/mol. The molecule has 0 unspecified atom stereocenters. The van der Waals surface area contributed by atoms with Crippen molar-refractivity contribution in [3.63, 3.8) is 0 Å². The number of nitrogens with one attached hydrogen (secondary N) is 2. The Hall–Kier alpha value is -2.42. The Labute approximate surface area is 160 Å². The van der Waals surface area contributed by atoms with Crippen molar-refractivity contribution in [3.05, 3.63) is 66.6 Å². The second-order valence-corrected chi connectivity index (χ2v) is 7.49. The predicted octanol–water partition coefficient (Wildman–Crippen LogP) is 4.45. The highest BCUT2D eigenvalue weighted by Gasteiger charge is 2.15. The molecule has 0 aliphatic heterocycles. The van der Waals surface area contributed by atoms with Gasteiger partial charge in [-0.05, 0) is 42.5 Å². The Morgan fingerprint density at radius 1 is 0.962 bits per heavy atom. The third-order valence-electron chi connectivity index (χ3n) is 3.17. The second-order valence-electron chi connectivity index (χ2n) is 4.96. The number of rotatable bonds is 5. The van der Waals surface area contributed by atoms with Gasteiger partial charge in [0.1, 0.15) is 16.5 Å². The summed E-state index contributed by atoms with van der Waals surface area (Å²) in [6, 6.07) is 13.6. The minimum Gasteiger partial charge on any atom is -0.340 e. The first-order chi connectivity index (χ1) is 11.9. The van der Waals surface area contributed by atoms with Gasteiger partial charge in [-0.1, -0.05) is 12.1 Å². The molecule has 0 saturated heterocycles. The lowest BCUT2D eigenvalue weighted by Gasteiger charge is -2.10. The van der Waals surface area contributed by atoms with E-state index >= 15 is 0 Å². The predicted molar refractivity (Wildman–Crippen MR) is 102 cm³/mol. The zero-order valence-corrected chi connectivity index (χ0v) is 15.4. The number of nitrogens with zero attached hydrogens (tertiary/aromatic N) is 2. The van der Waals surface area contributed by atoms with Gasteiger partial charge in [0.25, 0.3) is 9.05 Å². The molecule has 0 atom stereocenters. The number of benzene rings is 2. The summed E-state index contributed by atoms with van der Waals surface area (Å²) in [6.45, 7) is 0. The van der Waals surface area contributed by atoms with Crippen LogP contribution in [0.15, 0.2) is 65.7 Å². The topological polar surface area (TPSA) is 84.0 Å². The molecule has 2 N–H and O–H groups in total. The molecule has 0 amide bonds. The number of aromatic nitrogens is 2. The van der Waals surface area contributed by atoms with Crippen molar-refractivity contribution in [1.29, 1.82) is 0 Å². The molecule has 6 nitrogen and oxygen atoms in total. The molecule has 0 radical (unpaired) electrons. The number of anilines is 4. The van der Waals surface area contributed by atoms with Crippen molar-refractivity contribution in [2.75, 3.05) is 10.6 Å². The molecule has 0 spiro atoms. The first kappa shape index (κ1) is 19.9. The average Bonchev–Trinajstić information content (AvgIpc) is 2.57. The van der Waals surface area contributed by atoms with Gasteiger partial charge in [-0.25, -0.2) is 17.8 Å². The van der Waals surface area contributed by atoms with E-state index in [-0.39, 0.29) is 34.8 Å². The van der Waals surface area contributed by atoms with E-state index in [2.05, 4.69) is 20.6 Å². The maximum atomic E-state index is 12.9. The van der Waals surface area contributed by atoms with E-state index in [1.807, 2.05) is 0 Å². The third kappa shape index (κ3) is 5.04. The summed E-state index contributed by atoms with van der Waals surface area (Å²) < 4.78 is 36.2. The van der Waals surface area contributed by atoms with E-state index in [4.69, 9.17) is 10.7 Å². The van der Waals surface area contributed by atoms with Crippen LogP contribution >= 0.6 is 23.1 Å². The van der Waals surface area contributed by atoms with Gasteiger partial charge < -0.3 is 10.6 Å². The molecule has 0 fully saturated rings. The van der Waals surface area contributed by atoms with Gasteiger partial charge in [-0.3, -0.25) is 0 Å². The van der Waals surface area contributed by atoms with Crippen molar-refractivity contribution in [2.45, 2.75) is 4.90 Å². The molecule has 1 heterocycles. The van der Waals surface area contributed by atoms with Gasteiger partial charge in [0.05, 0.1) is 5.69 Å². The van der Waals surface area contributed by atoms with Crippen LogP contribution in [0.4, 0.5) is 27.5 Å². The molecule has 1 aromatic heterocycles. The number of halogens is 3. The fourth-order valence-corrected chi connectivity index (χ4v) is 3.10. The lowest BCUT2D eigenvalue weighted by molar-refractivity contribution is 0.610. The Balaban J connectivity index is 0.00000243. The second kappa shape index (κ2) is 8.31. The van der Waals surface area contributed by atoms with Crippen LogP contribution in [-0.2, 0) is 9.05 Å². The first-order valence-electron chi connectivity index (χ1n) is 7.08. The number of para-hydroxylation sites is 1. The molecule has 0 aliphatic carbocycles. The van der Waals surface area contributed by atoms with Gasteiger partial charge in [-0.15, -0.1) is 12.4 Å². The van der Waals surface area contributed by atoms with E-state index in [1.165, 1.54) is 24.4 Å². The fraction of sp³-hybridized carbons (Fsp3) is 0. The van der Waals surface area contributed by atoms with Crippen LogP contribution in [0.25, 0.3) is 0 Å². The summed E-state index contributed by atoms with van der Waals surface area (Å²) in [5.74, 6) is 0.296. The van der Waals surface area contributed by atoms with E-state index in [0.717, 1.165) is 0 Å². The highest BCUT2D eigenvalue weighted by atomic mass is 35.7. The minimum absolute atomic E-state index is 0. The van der Waals surface area contributed by atoms with E-state index in [1.54, 1.807) is 36.4 Å². The van der Waals surface area contributed by atoms with Crippen LogP contribution in [0.2, 0.25) is 0 Å². The molecular weight excluding hydrogens is 402 g/mol. The monoisotopic (exact) mass is 414 g/mol. The molecule has 3 rings (SSSR count). The summed E-state index contributed by atoms with van der Waals surface area (Å²) in [4.78, 5) is 8.23. The van der Waals surface area contributed by atoms with E-state index < -0.39 is 9.05 Å². The summed E-state index contributed by atoms with van der Waals surface area (Å²) in [5, 5.41) is 5.83. The highest BCUT2D eigenvalue weighted by Crippen LogP contribution is 2.26. The first-order valence-corrected chi connectivity index (χ1v) is 9.39. The molecule has 10 heteroatoms. The quantitative estimate of drug-likeness (QED) is 0.599. The van der Waals surface area contributed by atoms with Gasteiger partial charge in [-0.2, -0.15) is 4.98 Å². The lowest BCUT2D eigenvalue weighted by Crippen LogP contribution is -2.03. The minimum atomic E-state index is -3.91. The molecular formula is C16H13Cl2FN4O2S. The van der Waals surface area contributed by atoms with Crippen molar-refractivity contribution in [2.24, 2.45) is 0 Å². The van der Waals surface area contributed by atoms with Gasteiger partial charge in [0, 0.05) is 22.6 Å². The normalized spacial score (nSPS) is 10.7. The zero-order chi connectivity index (χ0) is 17.9. The summed E-state index contributed by atoms with van der Waals surface area (Å²) in [5.41, 5.74) is 0.909. The lowest BCUT2D eigenvalue weighted by atomic mass is 10.3. The largest absolute Gasteiger partial charge is 0.340 e. The molecule has 0 bridgehead atoms. The molecule has 26 heavy (non-hydrogen) atoms. The van der Waals surface area contributed by atoms with Crippen LogP contribution in [0.3, 0.4) is 0 Å². The SMILES string of the molecule is Cl.O=S(=O)(Cl)c1ccccc1Nc1nccc(Nc2ccc(F)cc2)n1. The van der Waals surface area contributed by atoms with Crippen molar-refractivity contribution in [1.82, 2.24) is 9.97 Å². The smallest absolute Gasteiger partial charge is 0.263 e. The maximum Gasteiger partial charge on any atom is 0.263 e. The zero-order valence-electron chi connectivity index (χ0n) is 13.1. The summed E-state index contributed by atoms with van der Waals surface area (Å²) in [6.07, 6.45) is 1.50. The number of hydrogen-bond donors (Lipinski definition) is 2. The molecule has 0 aliphatic rings. The summed E-state index contributed by atoms with van der Waals surface area (Å²) >= 11 is 0. The van der Waals surface area contributed by atoms with Crippen molar-refractivity contribution >= 4 is 55.3 Å². The summed E-state index contributed by atoms with van der Waals surface area (Å²) in [7, 11) is 1.52. The molecule has 136 valence electrons. The van der Waals surface area contributed by atoms with Crippen LogP contribution in [0.5, 0.6) is 0 Å². The fourth-order valence-electron chi connectivity index (χ4n) is 2.07. The Morgan fingerprint density at radius 2 is 1.65 bits per heavy atom. The van der Waals surface area contributed by atoms with Gasteiger partial charge in [0.15, 0.2) is 0 Å². The molecule has 2 aromatic carbocycles. The highest BCUT2D eigenvalue weighted by molar-refractivity contribution is 8.13. The van der Waals surface area contributed by atoms with Crippen molar-refractivity contribution < 1.29 is 12.8 Å². The van der Waals surface area contributed by atoms with Crippen molar-refractivity contribution in [3.8, 4) is 0 Å². The Bertz CT molecular complexity index is 1000. The molecule has 3 aromatic rings. The van der Waals surface area contributed by atoms with Crippen LogP contribution < -0.4 is 10.6 Å². The third-order valence-corrected chi connectivity index (χ3v) is 4.55. The van der Waals surface area contributed by atoms with Crippen LogP contribution in [-0.4, -0.2) is 18.4 Å². The van der Waals surface area contributed by atoms with E-state index in [0.29, 0.717) is 11.5 Å². The maximum absolute atomic E-state index is 12.9. The van der Waals surface area contributed by atoms with Crippen LogP contribution in [0.1, 0.15) is 0 Å². The van der Waals surface area contributed by atoms with Crippen LogP contribution in [0, 0.1) is 5.82 Å². The van der Waals surface area contributed by atoms with Gasteiger partial charge in [0.2, 0.25) is 5.95 Å². The molecule has 0 saturated carbocycles. The van der Waals surface area contributed by atoms with Gasteiger partial charge >= 0.3 is 0 Å².